The summed E-state index contributed by atoms with van der Waals surface area (Å²) in [6.07, 6.45) is -0.0658. The normalized spacial score (nSPS) is 13.6. The van der Waals surface area contributed by atoms with Crippen molar-refractivity contribution in [3.8, 4) is 11.8 Å². The third-order valence-electron chi connectivity index (χ3n) is 8.93. The number of hydrogen-bond acceptors (Lipinski definition) is 13. The summed E-state index contributed by atoms with van der Waals surface area (Å²) in [5.74, 6) is 1.81. The highest BCUT2D eigenvalue weighted by Gasteiger charge is 2.23. The Hall–Kier alpha value is -6.47. The highest BCUT2D eigenvalue weighted by Crippen LogP contribution is 2.22. The van der Waals surface area contributed by atoms with E-state index in [2.05, 4.69) is 31.6 Å². The number of aromatic amines is 1. The molecule has 53 heavy (non-hydrogen) atoms. The third kappa shape index (κ3) is 9.45. The Morgan fingerprint density at radius 3 is 2.47 bits per heavy atom. The molecule has 3 heterocycles. The molecule has 6 rings (SSSR count). The summed E-state index contributed by atoms with van der Waals surface area (Å²) >= 11 is 0. The lowest BCUT2D eigenvalue weighted by Gasteiger charge is -2.33. The van der Waals surface area contributed by atoms with Crippen LogP contribution in [-0.4, -0.2) is 112 Å². The molecule has 0 bridgehead atoms. The number of methoxy groups -OCH3 is 2. The van der Waals surface area contributed by atoms with Gasteiger partial charge in [-0.3, -0.25) is 4.90 Å². The van der Waals surface area contributed by atoms with Crippen LogP contribution in [-0.2, 0) is 28.9 Å². The van der Waals surface area contributed by atoms with E-state index in [1.165, 1.54) is 12.0 Å². The monoisotopic (exact) mass is 719 g/mol. The standard InChI is InChI=1S/C37H41N11O5/c1-46(14-13-32-40-29-12-11-28(52-2)21-30(29)41-32)36-44-34(39-27-6-4-5-26(19-27)23-47-15-17-48(18-16-47)37(50)51)43-35(45-36)42-31(33(49)53-3)20-24-7-9-25(22-38)10-8-24/h4-12,19,21,31H,13-18,20,23H2,1-3H3,(H,40,41)(H,50,51)(H2,39,42,43,44,45)/t31-/m0/s1. The molecular weight excluding hydrogens is 678 g/mol. The second-order valence-electron chi connectivity index (χ2n) is 12.6. The first-order valence-electron chi connectivity index (χ1n) is 17.1. The molecule has 0 unspecified atom stereocenters. The molecule has 274 valence electrons. The number of piperazine rings is 1. The van der Waals surface area contributed by atoms with Crippen molar-refractivity contribution in [2.24, 2.45) is 0 Å². The van der Waals surface area contributed by atoms with Crippen LogP contribution in [0.4, 0.5) is 28.3 Å². The number of nitrogens with one attached hydrogen (secondary N) is 3. The van der Waals surface area contributed by atoms with Gasteiger partial charge in [0, 0.05) is 70.9 Å². The number of benzene rings is 3. The first kappa shape index (κ1) is 36.3. The average molecular weight is 720 g/mol. The van der Waals surface area contributed by atoms with Crippen LogP contribution in [0.2, 0.25) is 0 Å². The second-order valence-corrected chi connectivity index (χ2v) is 12.6. The van der Waals surface area contributed by atoms with Crippen molar-refractivity contribution < 1.29 is 24.2 Å². The number of hydrogen-bond donors (Lipinski definition) is 4. The molecule has 0 spiro atoms. The number of likely N-dealkylation sites (N-methyl/N-ethyl adjacent to an activating group) is 1. The minimum Gasteiger partial charge on any atom is -0.497 e. The molecular formula is C37H41N11O5. The maximum Gasteiger partial charge on any atom is 0.407 e. The van der Waals surface area contributed by atoms with Crippen molar-refractivity contribution >= 4 is 46.6 Å². The Morgan fingerprint density at radius 2 is 1.75 bits per heavy atom. The van der Waals surface area contributed by atoms with Gasteiger partial charge in [0.15, 0.2) is 0 Å². The Kier molecular flexibility index (Phi) is 11.4. The molecule has 0 aliphatic carbocycles. The number of fused-ring (bicyclic) bond motifs is 1. The second kappa shape index (κ2) is 16.7. The summed E-state index contributed by atoms with van der Waals surface area (Å²) in [6.45, 7) is 3.39. The van der Waals surface area contributed by atoms with E-state index in [1.54, 1.807) is 31.4 Å². The van der Waals surface area contributed by atoms with E-state index in [4.69, 9.17) is 24.4 Å². The number of aromatic nitrogens is 5. The number of esters is 1. The summed E-state index contributed by atoms with van der Waals surface area (Å²) in [5, 5.41) is 25.0. The number of nitrogens with zero attached hydrogens (tertiary/aromatic N) is 8. The zero-order valence-electron chi connectivity index (χ0n) is 29.7. The molecule has 0 radical (unpaired) electrons. The molecule has 16 heteroatoms. The van der Waals surface area contributed by atoms with Crippen LogP contribution in [0.3, 0.4) is 0 Å². The summed E-state index contributed by atoms with van der Waals surface area (Å²) in [7, 11) is 4.81. The molecule has 0 saturated carbocycles. The fourth-order valence-corrected chi connectivity index (χ4v) is 5.99. The van der Waals surface area contributed by atoms with E-state index < -0.39 is 18.1 Å². The number of nitriles is 1. The fourth-order valence-electron chi connectivity index (χ4n) is 5.99. The van der Waals surface area contributed by atoms with Crippen LogP contribution in [0.25, 0.3) is 11.0 Å². The summed E-state index contributed by atoms with van der Waals surface area (Å²) < 4.78 is 10.5. The Bertz CT molecular complexity index is 2090. The van der Waals surface area contributed by atoms with Gasteiger partial charge in [0.05, 0.1) is 36.9 Å². The van der Waals surface area contributed by atoms with E-state index in [9.17, 15) is 20.0 Å². The molecule has 4 N–H and O–H groups in total. The fraction of sp³-hybridized carbons (Fsp3) is 0.324. The third-order valence-corrected chi connectivity index (χ3v) is 8.93. The zero-order valence-corrected chi connectivity index (χ0v) is 29.7. The van der Waals surface area contributed by atoms with Crippen molar-refractivity contribution in [3.63, 3.8) is 0 Å². The highest BCUT2D eigenvalue weighted by atomic mass is 16.5. The first-order valence-corrected chi connectivity index (χ1v) is 17.1. The Labute approximate surface area is 306 Å². The van der Waals surface area contributed by atoms with Gasteiger partial charge in [0.25, 0.3) is 0 Å². The van der Waals surface area contributed by atoms with Gasteiger partial charge in [-0.15, -0.1) is 0 Å². The quantitative estimate of drug-likeness (QED) is 0.120. The minimum absolute atomic E-state index is 0.164. The van der Waals surface area contributed by atoms with Gasteiger partial charge in [-0.25, -0.2) is 14.6 Å². The van der Waals surface area contributed by atoms with Crippen LogP contribution >= 0.6 is 0 Å². The number of carboxylic acid groups (broad SMARTS) is 1. The number of H-pyrrole nitrogens is 1. The van der Waals surface area contributed by atoms with Crippen LogP contribution in [0.1, 0.15) is 22.5 Å². The average Bonchev–Trinajstić information content (AvgIpc) is 3.59. The van der Waals surface area contributed by atoms with Crippen LogP contribution in [0, 0.1) is 11.3 Å². The molecule has 16 nitrogen and oxygen atoms in total. The summed E-state index contributed by atoms with van der Waals surface area (Å²) in [6, 6.07) is 21.8. The highest BCUT2D eigenvalue weighted by molar-refractivity contribution is 5.79. The number of amides is 1. The van der Waals surface area contributed by atoms with Gasteiger partial charge < -0.3 is 40.0 Å². The lowest BCUT2D eigenvalue weighted by atomic mass is 10.0. The molecule has 1 atom stereocenters. The molecule has 3 aromatic carbocycles. The van der Waals surface area contributed by atoms with Crippen LogP contribution in [0.15, 0.2) is 66.7 Å². The van der Waals surface area contributed by atoms with Gasteiger partial charge in [0.1, 0.15) is 17.6 Å². The molecule has 1 saturated heterocycles. The van der Waals surface area contributed by atoms with Gasteiger partial charge in [-0.2, -0.15) is 20.2 Å². The number of rotatable bonds is 14. The first-order chi connectivity index (χ1) is 25.7. The maximum atomic E-state index is 13.0. The van der Waals surface area contributed by atoms with Gasteiger partial charge in [-0.05, 0) is 47.5 Å². The zero-order chi connectivity index (χ0) is 37.3. The molecule has 2 aromatic heterocycles. The van der Waals surface area contributed by atoms with E-state index in [-0.39, 0.29) is 18.3 Å². The minimum atomic E-state index is -0.894. The molecule has 1 aliphatic rings. The molecule has 1 fully saturated rings. The smallest absolute Gasteiger partial charge is 0.407 e. The number of carbonyl (C=O) groups excluding carboxylic acids is 1. The van der Waals surface area contributed by atoms with Crippen molar-refractivity contribution in [2.75, 3.05) is 69.5 Å². The Morgan fingerprint density at radius 1 is 0.981 bits per heavy atom. The van der Waals surface area contributed by atoms with Crippen molar-refractivity contribution in [3.05, 3.63) is 89.2 Å². The van der Waals surface area contributed by atoms with Gasteiger partial charge in [0.2, 0.25) is 17.8 Å². The predicted molar refractivity (Wildman–Crippen MR) is 198 cm³/mol. The lowest BCUT2D eigenvalue weighted by molar-refractivity contribution is -0.141. The van der Waals surface area contributed by atoms with Crippen LogP contribution < -0.4 is 20.3 Å². The summed E-state index contributed by atoms with van der Waals surface area (Å²) in [4.78, 5) is 52.0. The summed E-state index contributed by atoms with van der Waals surface area (Å²) in [5.41, 5.74) is 4.84. The molecule has 1 amide bonds. The van der Waals surface area contributed by atoms with E-state index >= 15 is 0 Å². The van der Waals surface area contributed by atoms with Crippen molar-refractivity contribution in [1.29, 1.82) is 5.26 Å². The number of carbonyl (C=O) groups is 2. The number of ether oxygens (including phenoxy) is 2. The topological polar surface area (TPSA) is 198 Å². The van der Waals surface area contributed by atoms with Crippen LogP contribution in [0.5, 0.6) is 5.75 Å². The van der Waals surface area contributed by atoms with E-state index in [0.29, 0.717) is 57.2 Å². The maximum absolute atomic E-state index is 13.0. The van der Waals surface area contributed by atoms with Crippen molar-refractivity contribution in [1.82, 2.24) is 34.7 Å². The molecule has 1 aliphatic heterocycles. The lowest BCUT2D eigenvalue weighted by Crippen LogP contribution is -2.47. The molecule has 5 aromatic rings. The largest absolute Gasteiger partial charge is 0.497 e. The van der Waals surface area contributed by atoms with E-state index in [0.717, 1.165) is 39.4 Å². The van der Waals surface area contributed by atoms with Gasteiger partial charge >= 0.3 is 12.1 Å². The Balaban J connectivity index is 1.23. The van der Waals surface area contributed by atoms with Crippen molar-refractivity contribution in [2.45, 2.75) is 25.4 Å². The number of anilines is 4. The van der Waals surface area contributed by atoms with Gasteiger partial charge in [-0.1, -0.05) is 24.3 Å². The van der Waals surface area contributed by atoms with E-state index in [1.807, 2.05) is 54.4 Å². The predicted octanol–water partition coefficient (Wildman–Crippen LogP) is 4.04. The number of imidazole rings is 1. The SMILES string of the molecule is COC(=O)[C@H](Cc1ccc(C#N)cc1)Nc1nc(Nc2cccc(CN3CCN(C(=O)O)CC3)c2)nc(N(C)CCc2nc3ccc(OC)cc3[nH]2)n1.